The van der Waals surface area contributed by atoms with E-state index in [4.69, 9.17) is 10.5 Å². The second-order valence-corrected chi connectivity index (χ2v) is 5.00. The molecule has 0 bridgehead atoms. The number of carbonyl (C=O) groups excluding carboxylic acids is 2. The van der Waals surface area contributed by atoms with Gasteiger partial charge in [-0.05, 0) is 36.2 Å². The number of benzene rings is 1. The Morgan fingerprint density at radius 1 is 1.13 bits per heavy atom. The van der Waals surface area contributed by atoms with Crippen LogP contribution in [0.3, 0.4) is 0 Å². The lowest BCUT2D eigenvalue weighted by atomic mass is 10.1. The predicted octanol–water partition coefficient (Wildman–Crippen LogP) is 1.91. The summed E-state index contributed by atoms with van der Waals surface area (Å²) in [7, 11) is 0. The minimum atomic E-state index is -0.363. The van der Waals surface area contributed by atoms with Crippen LogP contribution in [0, 0.1) is 0 Å². The number of primary amides is 1. The summed E-state index contributed by atoms with van der Waals surface area (Å²) in [5, 5.41) is 2.72. The molecule has 1 aromatic carbocycles. The summed E-state index contributed by atoms with van der Waals surface area (Å²) in [6.45, 7) is 0.435. The first kappa shape index (κ1) is 16.5. The zero-order valence-electron chi connectivity index (χ0n) is 12.7. The van der Waals surface area contributed by atoms with Gasteiger partial charge in [-0.25, -0.2) is 4.98 Å². The second-order valence-electron chi connectivity index (χ2n) is 5.00. The van der Waals surface area contributed by atoms with Crippen LogP contribution in [0.25, 0.3) is 0 Å². The second kappa shape index (κ2) is 8.53. The lowest BCUT2D eigenvalue weighted by molar-refractivity contribution is -0.117. The maximum absolute atomic E-state index is 11.7. The molecule has 0 radical (unpaired) electrons. The number of amides is 2. The van der Waals surface area contributed by atoms with Crippen LogP contribution >= 0.6 is 0 Å². The van der Waals surface area contributed by atoms with E-state index in [2.05, 4.69) is 10.3 Å². The van der Waals surface area contributed by atoms with Crippen molar-refractivity contribution in [3.05, 3.63) is 54.2 Å². The Kier molecular flexibility index (Phi) is 6.11. The van der Waals surface area contributed by atoms with Crippen molar-refractivity contribution in [2.45, 2.75) is 19.3 Å². The van der Waals surface area contributed by atoms with Gasteiger partial charge in [0.05, 0.1) is 13.0 Å². The third-order valence-corrected chi connectivity index (χ3v) is 3.05. The zero-order valence-corrected chi connectivity index (χ0v) is 12.7. The Bertz CT molecular complexity index is 642. The van der Waals surface area contributed by atoms with Gasteiger partial charge in [-0.2, -0.15) is 0 Å². The molecule has 23 heavy (non-hydrogen) atoms. The van der Waals surface area contributed by atoms with E-state index in [1.807, 2.05) is 6.07 Å². The summed E-state index contributed by atoms with van der Waals surface area (Å²) in [6, 6.07) is 12.5. The summed E-state index contributed by atoms with van der Waals surface area (Å²) in [5.74, 6) is 0.786. The number of hydrogen-bond acceptors (Lipinski definition) is 4. The first-order chi connectivity index (χ1) is 11.1. The Morgan fingerprint density at radius 3 is 2.57 bits per heavy atom. The highest BCUT2D eigenvalue weighted by Gasteiger charge is 2.03. The number of carbonyl (C=O) groups is 2. The lowest BCUT2D eigenvalue weighted by Gasteiger charge is -2.07. The minimum Gasteiger partial charge on any atom is -0.494 e. The minimum absolute atomic E-state index is 0.0934. The molecule has 2 rings (SSSR count). The molecule has 0 saturated heterocycles. The Labute approximate surface area is 134 Å². The van der Waals surface area contributed by atoms with Crippen molar-refractivity contribution in [3.8, 4) is 5.75 Å². The maximum atomic E-state index is 11.7. The van der Waals surface area contributed by atoms with E-state index >= 15 is 0 Å². The van der Waals surface area contributed by atoms with Gasteiger partial charge in [-0.15, -0.1) is 0 Å². The van der Waals surface area contributed by atoms with E-state index in [0.717, 1.165) is 5.56 Å². The van der Waals surface area contributed by atoms with Crippen molar-refractivity contribution in [1.82, 2.24) is 4.98 Å². The molecule has 120 valence electrons. The van der Waals surface area contributed by atoms with Gasteiger partial charge in [0.1, 0.15) is 11.6 Å². The van der Waals surface area contributed by atoms with Gasteiger partial charge in [0, 0.05) is 12.6 Å². The molecule has 0 spiro atoms. The van der Waals surface area contributed by atoms with Crippen LogP contribution in [0.15, 0.2) is 48.7 Å². The maximum Gasteiger partial charge on any atom is 0.225 e. The lowest BCUT2D eigenvalue weighted by Crippen LogP contribution is -2.14. The van der Waals surface area contributed by atoms with Crippen molar-refractivity contribution in [2.75, 3.05) is 11.9 Å². The molecule has 0 aliphatic rings. The normalized spacial score (nSPS) is 10.1. The van der Waals surface area contributed by atoms with Crippen molar-refractivity contribution < 1.29 is 14.3 Å². The molecule has 6 heteroatoms. The van der Waals surface area contributed by atoms with Crippen molar-refractivity contribution in [3.63, 3.8) is 0 Å². The van der Waals surface area contributed by atoms with Gasteiger partial charge in [0.15, 0.2) is 0 Å². The highest BCUT2D eigenvalue weighted by Crippen LogP contribution is 2.13. The molecule has 0 atom stereocenters. The fourth-order valence-corrected chi connectivity index (χ4v) is 1.97. The predicted molar refractivity (Wildman–Crippen MR) is 86.9 cm³/mol. The fourth-order valence-electron chi connectivity index (χ4n) is 1.97. The molecule has 2 aromatic rings. The Morgan fingerprint density at radius 2 is 1.91 bits per heavy atom. The Balaban J connectivity index is 1.67. The highest BCUT2D eigenvalue weighted by molar-refractivity contribution is 5.89. The monoisotopic (exact) mass is 313 g/mol. The summed E-state index contributed by atoms with van der Waals surface area (Å²) in [5.41, 5.74) is 5.98. The summed E-state index contributed by atoms with van der Waals surface area (Å²) >= 11 is 0. The number of ether oxygens (including phenoxy) is 1. The van der Waals surface area contributed by atoms with Gasteiger partial charge in [0.25, 0.3) is 0 Å². The van der Waals surface area contributed by atoms with Gasteiger partial charge in [0.2, 0.25) is 11.8 Å². The molecule has 0 aliphatic carbocycles. The highest BCUT2D eigenvalue weighted by atomic mass is 16.5. The quantitative estimate of drug-likeness (QED) is 0.728. The fraction of sp³-hybridized carbons (Fsp3) is 0.235. The number of anilines is 1. The summed E-state index contributed by atoms with van der Waals surface area (Å²) in [4.78, 5) is 26.6. The van der Waals surface area contributed by atoms with Crippen LogP contribution in [-0.2, 0) is 16.0 Å². The number of nitrogens with two attached hydrogens (primary N) is 1. The average molecular weight is 313 g/mol. The molecule has 0 unspecified atom stereocenters. The van der Waals surface area contributed by atoms with E-state index in [-0.39, 0.29) is 18.2 Å². The number of pyridine rings is 1. The van der Waals surface area contributed by atoms with E-state index < -0.39 is 0 Å². The zero-order chi connectivity index (χ0) is 16.5. The SMILES string of the molecule is NC(=O)Cc1ccc(OCCCC(=O)Nc2ccccn2)cc1. The van der Waals surface area contributed by atoms with E-state index in [0.29, 0.717) is 31.0 Å². The first-order valence-electron chi connectivity index (χ1n) is 7.34. The van der Waals surface area contributed by atoms with Crippen LogP contribution in [0.1, 0.15) is 18.4 Å². The smallest absolute Gasteiger partial charge is 0.225 e. The number of nitrogens with one attached hydrogen (secondary N) is 1. The van der Waals surface area contributed by atoms with Crippen LogP contribution in [-0.4, -0.2) is 23.4 Å². The number of rotatable bonds is 8. The number of nitrogens with zero attached hydrogens (tertiary/aromatic N) is 1. The third-order valence-electron chi connectivity index (χ3n) is 3.05. The van der Waals surface area contributed by atoms with Crippen molar-refractivity contribution in [1.29, 1.82) is 0 Å². The standard InChI is InChI=1S/C17H19N3O3/c18-15(21)12-13-6-8-14(9-7-13)23-11-3-5-17(22)20-16-4-1-2-10-19-16/h1-2,4,6-10H,3,5,11-12H2,(H2,18,21)(H,19,20,22). The average Bonchev–Trinajstić information content (AvgIpc) is 2.53. The summed E-state index contributed by atoms with van der Waals surface area (Å²) < 4.78 is 5.55. The third kappa shape index (κ3) is 6.17. The Hall–Kier alpha value is -2.89. The molecule has 1 heterocycles. The molecule has 3 N–H and O–H groups in total. The van der Waals surface area contributed by atoms with Crippen molar-refractivity contribution >= 4 is 17.6 Å². The molecular formula is C17H19N3O3. The molecule has 6 nitrogen and oxygen atoms in total. The molecule has 0 aliphatic heterocycles. The molecule has 2 amide bonds. The van der Waals surface area contributed by atoms with Gasteiger partial charge in [-0.3, -0.25) is 9.59 Å². The molecular weight excluding hydrogens is 294 g/mol. The van der Waals surface area contributed by atoms with Gasteiger partial charge in [-0.1, -0.05) is 18.2 Å². The molecule has 0 fully saturated rings. The van der Waals surface area contributed by atoms with Gasteiger partial charge < -0.3 is 15.8 Å². The molecule has 1 aromatic heterocycles. The van der Waals surface area contributed by atoms with Crippen LogP contribution in [0.2, 0.25) is 0 Å². The largest absolute Gasteiger partial charge is 0.494 e. The summed E-state index contributed by atoms with van der Waals surface area (Å²) in [6.07, 6.45) is 2.80. The topological polar surface area (TPSA) is 94.3 Å². The molecule has 0 saturated carbocycles. The van der Waals surface area contributed by atoms with E-state index in [1.165, 1.54) is 0 Å². The van der Waals surface area contributed by atoms with Crippen molar-refractivity contribution in [2.24, 2.45) is 5.73 Å². The first-order valence-corrected chi connectivity index (χ1v) is 7.34. The van der Waals surface area contributed by atoms with Gasteiger partial charge >= 0.3 is 0 Å². The van der Waals surface area contributed by atoms with Crippen LogP contribution in [0.4, 0.5) is 5.82 Å². The van der Waals surface area contributed by atoms with E-state index in [1.54, 1.807) is 42.6 Å². The van der Waals surface area contributed by atoms with E-state index in [9.17, 15) is 9.59 Å². The van der Waals surface area contributed by atoms with Crippen LogP contribution in [0.5, 0.6) is 5.75 Å². The van der Waals surface area contributed by atoms with Crippen LogP contribution < -0.4 is 15.8 Å². The number of hydrogen-bond donors (Lipinski definition) is 2. The number of aromatic nitrogens is 1.